The molecule has 4 heteroatoms. The number of hydrogen-bond donors (Lipinski definition) is 1. The van der Waals surface area contributed by atoms with Crippen LogP contribution in [-0.4, -0.2) is 26.3 Å². The molecule has 0 saturated heterocycles. The van der Waals surface area contributed by atoms with E-state index in [0.29, 0.717) is 12.3 Å². The molecule has 0 aromatic carbocycles. The Hall–Kier alpha value is -1.42. The van der Waals surface area contributed by atoms with Crippen LogP contribution in [0.2, 0.25) is 0 Å². The number of rotatable bonds is 3. The fourth-order valence-corrected chi connectivity index (χ4v) is 2.62. The van der Waals surface area contributed by atoms with Crippen molar-refractivity contribution in [3.63, 3.8) is 0 Å². The molecule has 1 fully saturated rings. The Kier molecular flexibility index (Phi) is 2.81. The summed E-state index contributed by atoms with van der Waals surface area (Å²) in [6.45, 7) is 0.138. The minimum atomic E-state index is 0.138. The lowest BCUT2D eigenvalue weighted by Gasteiger charge is -2.07. The Morgan fingerprint density at radius 1 is 1.29 bits per heavy atom. The summed E-state index contributed by atoms with van der Waals surface area (Å²) in [5, 5.41) is 13.5. The summed E-state index contributed by atoms with van der Waals surface area (Å²) in [6.07, 6.45) is 7.69. The number of aromatic nitrogens is 3. The third-order valence-corrected chi connectivity index (χ3v) is 3.53. The van der Waals surface area contributed by atoms with Crippen LogP contribution in [0.5, 0.6) is 0 Å². The Morgan fingerprint density at radius 3 is 2.88 bits per heavy atom. The lowest BCUT2D eigenvalue weighted by atomic mass is 10.0. The quantitative estimate of drug-likeness (QED) is 0.878. The maximum Gasteiger partial charge on any atom is 0.153 e. The van der Waals surface area contributed by atoms with Crippen molar-refractivity contribution in [1.82, 2.24) is 14.6 Å². The minimum Gasteiger partial charge on any atom is -0.396 e. The molecule has 0 spiro atoms. The zero-order chi connectivity index (χ0) is 11.7. The second-order valence-electron chi connectivity index (χ2n) is 4.75. The molecule has 17 heavy (non-hydrogen) atoms. The molecule has 3 rings (SSSR count). The van der Waals surface area contributed by atoms with Gasteiger partial charge in [0.1, 0.15) is 0 Å². The first-order chi connectivity index (χ1) is 8.36. The van der Waals surface area contributed by atoms with Gasteiger partial charge < -0.3 is 5.11 Å². The molecule has 2 heterocycles. The third-order valence-electron chi connectivity index (χ3n) is 3.53. The zero-order valence-electron chi connectivity index (χ0n) is 9.84. The van der Waals surface area contributed by atoms with Gasteiger partial charge in [-0.05, 0) is 25.0 Å². The highest BCUT2D eigenvalue weighted by Crippen LogP contribution is 2.32. The number of nitrogens with zero attached hydrogens (tertiary/aromatic N) is 3. The molecule has 1 aliphatic carbocycles. The van der Waals surface area contributed by atoms with E-state index in [-0.39, 0.29) is 6.61 Å². The zero-order valence-corrected chi connectivity index (χ0v) is 9.84. The highest BCUT2D eigenvalue weighted by atomic mass is 16.3. The van der Waals surface area contributed by atoms with E-state index in [1.54, 1.807) is 0 Å². The highest BCUT2D eigenvalue weighted by molar-refractivity contribution is 5.39. The van der Waals surface area contributed by atoms with Crippen molar-refractivity contribution in [3.8, 4) is 0 Å². The van der Waals surface area contributed by atoms with Crippen molar-refractivity contribution in [3.05, 3.63) is 29.7 Å². The van der Waals surface area contributed by atoms with Gasteiger partial charge in [-0.3, -0.25) is 0 Å². The van der Waals surface area contributed by atoms with Crippen LogP contribution in [0.3, 0.4) is 0 Å². The molecule has 0 unspecified atom stereocenters. The van der Waals surface area contributed by atoms with Gasteiger partial charge in [0.15, 0.2) is 5.65 Å². The van der Waals surface area contributed by atoms with Crippen molar-refractivity contribution < 1.29 is 5.11 Å². The summed E-state index contributed by atoms with van der Waals surface area (Å²) in [5.41, 5.74) is 2.96. The second-order valence-corrected chi connectivity index (χ2v) is 4.75. The number of aliphatic hydroxyl groups is 1. The number of aliphatic hydroxyl groups excluding tert-OH is 1. The number of imidazole rings is 1. The van der Waals surface area contributed by atoms with Gasteiger partial charge in [-0.15, -0.1) is 0 Å². The van der Waals surface area contributed by atoms with Gasteiger partial charge in [0.05, 0.1) is 17.6 Å². The van der Waals surface area contributed by atoms with Gasteiger partial charge in [0, 0.05) is 18.9 Å². The molecule has 1 N–H and O–H groups in total. The molecule has 2 aromatic heterocycles. The molecule has 90 valence electrons. The van der Waals surface area contributed by atoms with E-state index in [1.165, 1.54) is 31.4 Å². The summed E-state index contributed by atoms with van der Waals surface area (Å²) in [6, 6.07) is 4.13. The maximum absolute atomic E-state index is 8.90. The molecule has 2 aromatic rings. The van der Waals surface area contributed by atoms with Gasteiger partial charge in [-0.1, -0.05) is 12.8 Å². The fraction of sp³-hybridized carbons (Fsp3) is 0.538. The average molecular weight is 231 g/mol. The lowest BCUT2D eigenvalue weighted by molar-refractivity contribution is 0.298. The van der Waals surface area contributed by atoms with E-state index in [9.17, 15) is 0 Å². The maximum atomic E-state index is 8.90. The first-order valence-corrected chi connectivity index (χ1v) is 6.33. The summed E-state index contributed by atoms with van der Waals surface area (Å²) in [4.78, 5) is 4.41. The second kappa shape index (κ2) is 4.45. The van der Waals surface area contributed by atoms with Crippen molar-refractivity contribution in [2.24, 2.45) is 0 Å². The monoisotopic (exact) mass is 231 g/mol. The summed E-state index contributed by atoms with van der Waals surface area (Å²) < 4.78 is 1.85. The first kappa shape index (κ1) is 10.7. The van der Waals surface area contributed by atoms with E-state index in [1.807, 2.05) is 16.8 Å². The van der Waals surface area contributed by atoms with Crippen LogP contribution in [-0.2, 0) is 6.42 Å². The third kappa shape index (κ3) is 2.05. The Labute approximate surface area is 100 Å². The van der Waals surface area contributed by atoms with E-state index in [0.717, 1.165) is 11.3 Å². The molecule has 4 nitrogen and oxygen atoms in total. The standard InChI is InChI=1S/C13H17N3O/c17-8-7-11-9-16-13(14-11)6-5-12(15-16)10-3-1-2-4-10/h5-6,9-10,17H,1-4,7-8H2. The Balaban J connectivity index is 1.94. The van der Waals surface area contributed by atoms with E-state index >= 15 is 0 Å². The molecule has 1 saturated carbocycles. The van der Waals surface area contributed by atoms with Crippen LogP contribution < -0.4 is 0 Å². The van der Waals surface area contributed by atoms with Gasteiger partial charge in [0.25, 0.3) is 0 Å². The summed E-state index contributed by atoms with van der Waals surface area (Å²) >= 11 is 0. The van der Waals surface area contributed by atoms with Crippen molar-refractivity contribution in [2.45, 2.75) is 38.0 Å². The molecule has 0 radical (unpaired) electrons. The normalized spacial score (nSPS) is 17.0. The van der Waals surface area contributed by atoms with E-state index in [2.05, 4.69) is 16.1 Å². The molecule has 1 aliphatic rings. The van der Waals surface area contributed by atoms with Crippen molar-refractivity contribution in [1.29, 1.82) is 0 Å². The predicted molar refractivity (Wildman–Crippen MR) is 65.0 cm³/mol. The average Bonchev–Trinajstić information content (AvgIpc) is 2.96. The van der Waals surface area contributed by atoms with Gasteiger partial charge in [-0.25, -0.2) is 9.50 Å². The number of fused-ring (bicyclic) bond motifs is 1. The molecule has 0 amide bonds. The largest absolute Gasteiger partial charge is 0.396 e. The van der Waals surface area contributed by atoms with Crippen LogP contribution >= 0.6 is 0 Å². The molecule has 0 bridgehead atoms. The van der Waals surface area contributed by atoms with Crippen LogP contribution in [0.1, 0.15) is 43.0 Å². The Morgan fingerprint density at radius 2 is 2.12 bits per heavy atom. The minimum absolute atomic E-state index is 0.138. The van der Waals surface area contributed by atoms with Crippen molar-refractivity contribution >= 4 is 5.65 Å². The van der Waals surface area contributed by atoms with Crippen LogP contribution in [0, 0.1) is 0 Å². The summed E-state index contributed by atoms with van der Waals surface area (Å²) in [5.74, 6) is 0.628. The van der Waals surface area contributed by atoms with Crippen LogP contribution in [0.4, 0.5) is 0 Å². The Bertz CT molecular complexity index is 514. The smallest absolute Gasteiger partial charge is 0.153 e. The van der Waals surface area contributed by atoms with Crippen LogP contribution in [0.25, 0.3) is 5.65 Å². The molecular formula is C13H17N3O. The molecule has 0 aliphatic heterocycles. The van der Waals surface area contributed by atoms with E-state index < -0.39 is 0 Å². The predicted octanol–water partition coefficient (Wildman–Crippen LogP) is 1.92. The number of hydrogen-bond acceptors (Lipinski definition) is 3. The van der Waals surface area contributed by atoms with Gasteiger partial charge in [-0.2, -0.15) is 5.10 Å². The van der Waals surface area contributed by atoms with Crippen LogP contribution in [0.15, 0.2) is 18.3 Å². The summed E-state index contributed by atoms with van der Waals surface area (Å²) in [7, 11) is 0. The molecular weight excluding hydrogens is 214 g/mol. The lowest BCUT2D eigenvalue weighted by Crippen LogP contribution is -2.00. The highest BCUT2D eigenvalue weighted by Gasteiger charge is 2.18. The molecule has 0 atom stereocenters. The first-order valence-electron chi connectivity index (χ1n) is 6.33. The fourth-order valence-electron chi connectivity index (χ4n) is 2.62. The SMILES string of the molecule is OCCc1cn2nc(C3CCCC3)ccc2n1. The van der Waals surface area contributed by atoms with E-state index in [4.69, 9.17) is 5.11 Å². The van der Waals surface area contributed by atoms with Crippen molar-refractivity contribution in [2.75, 3.05) is 6.61 Å². The van der Waals surface area contributed by atoms with Gasteiger partial charge in [0.2, 0.25) is 0 Å². The topological polar surface area (TPSA) is 50.4 Å². The van der Waals surface area contributed by atoms with Gasteiger partial charge >= 0.3 is 0 Å².